The van der Waals surface area contributed by atoms with E-state index in [1.54, 1.807) is 6.07 Å². The topological polar surface area (TPSA) is 32.5 Å². The van der Waals surface area contributed by atoms with E-state index >= 15 is 0 Å². The molecule has 2 N–H and O–H groups in total. The molecule has 1 aromatic rings. The summed E-state index contributed by atoms with van der Waals surface area (Å²) in [6.45, 7) is 5.02. The highest BCUT2D eigenvalue weighted by molar-refractivity contribution is 9.10. The Bertz CT molecular complexity index is 438. The predicted molar refractivity (Wildman–Crippen MR) is 77.4 cm³/mol. The first-order valence-electron chi connectivity index (χ1n) is 6.22. The summed E-state index contributed by atoms with van der Waals surface area (Å²) in [5, 5.41) is 0. The van der Waals surface area contributed by atoms with Crippen LogP contribution in [0.1, 0.15) is 13.3 Å². The molecule has 0 saturated carbocycles. The molecule has 0 aliphatic carbocycles. The van der Waals surface area contributed by atoms with Gasteiger partial charge in [-0.2, -0.15) is 0 Å². The second-order valence-electron chi connectivity index (χ2n) is 4.79. The van der Waals surface area contributed by atoms with Crippen LogP contribution in [-0.2, 0) is 0 Å². The lowest BCUT2D eigenvalue weighted by Gasteiger charge is -2.24. The Morgan fingerprint density at radius 3 is 2.94 bits per heavy atom. The molecule has 1 aliphatic rings. The molecule has 1 aromatic carbocycles. The number of anilines is 2. The van der Waals surface area contributed by atoms with Gasteiger partial charge in [0.15, 0.2) is 0 Å². The zero-order chi connectivity index (χ0) is 13.3. The monoisotopic (exact) mass is 315 g/mol. The maximum absolute atomic E-state index is 13.6. The lowest BCUT2D eigenvalue weighted by molar-refractivity contribution is 0.272. The summed E-state index contributed by atoms with van der Waals surface area (Å²) in [4.78, 5) is 4.49. The van der Waals surface area contributed by atoms with Crippen LogP contribution in [0.15, 0.2) is 16.6 Å². The van der Waals surface area contributed by atoms with Gasteiger partial charge in [0.25, 0.3) is 0 Å². The number of hydrogen-bond donors (Lipinski definition) is 1. The highest BCUT2D eigenvalue weighted by atomic mass is 79.9. The lowest BCUT2D eigenvalue weighted by Crippen LogP contribution is -2.34. The number of hydrogen-bond acceptors (Lipinski definition) is 3. The van der Waals surface area contributed by atoms with E-state index in [2.05, 4.69) is 39.7 Å². The van der Waals surface area contributed by atoms with E-state index in [0.29, 0.717) is 16.2 Å². The number of nitrogens with two attached hydrogens (primary N) is 1. The van der Waals surface area contributed by atoms with Crippen LogP contribution >= 0.6 is 15.9 Å². The Labute approximate surface area is 116 Å². The third-order valence-electron chi connectivity index (χ3n) is 3.70. The maximum Gasteiger partial charge on any atom is 0.139 e. The fourth-order valence-corrected chi connectivity index (χ4v) is 2.77. The van der Waals surface area contributed by atoms with Crippen LogP contribution < -0.4 is 10.6 Å². The van der Waals surface area contributed by atoms with Crippen molar-refractivity contribution in [3.05, 3.63) is 22.4 Å². The van der Waals surface area contributed by atoms with Gasteiger partial charge in [-0.05, 0) is 42.0 Å². The second kappa shape index (κ2) is 5.45. The van der Waals surface area contributed by atoms with Crippen LogP contribution in [-0.4, -0.2) is 37.6 Å². The standard InChI is InChI=1S/C13H19BrFN3/c1-3-17(2)9-4-5-18(8-9)13-7-11(15)10(14)6-12(13)16/h6-7,9H,3-5,8,16H2,1-2H3/t9-/m1/s1. The van der Waals surface area contributed by atoms with Gasteiger partial charge in [0.1, 0.15) is 5.82 Å². The van der Waals surface area contributed by atoms with E-state index in [1.807, 2.05) is 0 Å². The molecule has 0 spiro atoms. The van der Waals surface area contributed by atoms with Gasteiger partial charge < -0.3 is 15.5 Å². The first-order chi connectivity index (χ1) is 8.52. The molecule has 0 amide bonds. The zero-order valence-corrected chi connectivity index (χ0v) is 12.4. The molecule has 2 rings (SSSR count). The average molecular weight is 316 g/mol. The summed E-state index contributed by atoms with van der Waals surface area (Å²) in [5.74, 6) is -0.258. The van der Waals surface area contributed by atoms with E-state index in [-0.39, 0.29) is 5.82 Å². The van der Waals surface area contributed by atoms with E-state index in [9.17, 15) is 4.39 Å². The van der Waals surface area contributed by atoms with Crippen molar-refractivity contribution in [2.75, 3.05) is 37.3 Å². The van der Waals surface area contributed by atoms with Crippen molar-refractivity contribution in [2.45, 2.75) is 19.4 Å². The van der Waals surface area contributed by atoms with E-state index in [0.717, 1.165) is 31.7 Å². The van der Waals surface area contributed by atoms with Gasteiger partial charge in [0.2, 0.25) is 0 Å². The number of benzene rings is 1. The fraction of sp³-hybridized carbons (Fsp3) is 0.538. The minimum Gasteiger partial charge on any atom is -0.397 e. The SMILES string of the molecule is CCN(C)[C@@H]1CCN(c2cc(F)c(Br)cc2N)C1. The van der Waals surface area contributed by atoms with Gasteiger partial charge in [-0.15, -0.1) is 0 Å². The zero-order valence-electron chi connectivity index (χ0n) is 10.8. The van der Waals surface area contributed by atoms with Crippen molar-refractivity contribution < 1.29 is 4.39 Å². The summed E-state index contributed by atoms with van der Waals surface area (Å²) in [7, 11) is 2.12. The molecular formula is C13H19BrFN3. The van der Waals surface area contributed by atoms with Gasteiger partial charge >= 0.3 is 0 Å². The normalized spacial score (nSPS) is 19.8. The van der Waals surface area contributed by atoms with E-state index < -0.39 is 0 Å². The fourth-order valence-electron chi connectivity index (χ4n) is 2.40. The molecule has 0 radical (unpaired) electrons. The summed E-state index contributed by atoms with van der Waals surface area (Å²) in [6.07, 6.45) is 1.10. The summed E-state index contributed by atoms with van der Waals surface area (Å²) >= 11 is 3.15. The minimum atomic E-state index is -0.258. The smallest absolute Gasteiger partial charge is 0.139 e. The first-order valence-corrected chi connectivity index (χ1v) is 7.02. The molecule has 0 aromatic heterocycles. The molecular weight excluding hydrogens is 297 g/mol. The van der Waals surface area contributed by atoms with Crippen LogP contribution in [0.2, 0.25) is 0 Å². The number of halogens is 2. The Morgan fingerprint density at radius 1 is 1.56 bits per heavy atom. The molecule has 18 heavy (non-hydrogen) atoms. The Morgan fingerprint density at radius 2 is 2.28 bits per heavy atom. The first kappa shape index (κ1) is 13.6. The molecule has 3 nitrogen and oxygen atoms in total. The molecule has 1 saturated heterocycles. The van der Waals surface area contributed by atoms with Gasteiger partial charge in [-0.3, -0.25) is 0 Å². The van der Waals surface area contributed by atoms with Crippen molar-refractivity contribution in [1.29, 1.82) is 0 Å². The summed E-state index contributed by atoms with van der Waals surface area (Å²) < 4.78 is 14.0. The largest absolute Gasteiger partial charge is 0.397 e. The number of likely N-dealkylation sites (N-methyl/N-ethyl adjacent to an activating group) is 1. The molecule has 0 unspecified atom stereocenters. The Hall–Kier alpha value is -0.810. The lowest BCUT2D eigenvalue weighted by atomic mass is 10.2. The van der Waals surface area contributed by atoms with Gasteiger partial charge in [-0.1, -0.05) is 6.92 Å². The number of rotatable bonds is 3. The van der Waals surface area contributed by atoms with E-state index in [1.165, 1.54) is 6.07 Å². The molecule has 1 aliphatic heterocycles. The van der Waals surface area contributed by atoms with E-state index in [4.69, 9.17) is 5.73 Å². The van der Waals surface area contributed by atoms with Crippen molar-refractivity contribution in [1.82, 2.24) is 4.90 Å². The van der Waals surface area contributed by atoms with Gasteiger partial charge in [0.05, 0.1) is 15.8 Å². The van der Waals surface area contributed by atoms with Crippen LogP contribution in [0.25, 0.3) is 0 Å². The molecule has 1 fully saturated rings. The summed E-state index contributed by atoms with van der Waals surface area (Å²) in [5.41, 5.74) is 7.41. The van der Waals surface area contributed by atoms with Gasteiger partial charge in [-0.25, -0.2) is 4.39 Å². The maximum atomic E-state index is 13.6. The van der Waals surface area contributed by atoms with Crippen LogP contribution in [0, 0.1) is 5.82 Å². The third kappa shape index (κ3) is 2.62. The quantitative estimate of drug-likeness (QED) is 0.870. The third-order valence-corrected chi connectivity index (χ3v) is 4.30. The average Bonchev–Trinajstić information content (AvgIpc) is 2.82. The van der Waals surface area contributed by atoms with Crippen molar-refractivity contribution in [3.63, 3.8) is 0 Å². The molecule has 100 valence electrons. The van der Waals surface area contributed by atoms with Crippen LogP contribution in [0.4, 0.5) is 15.8 Å². The molecule has 5 heteroatoms. The predicted octanol–water partition coefficient (Wildman–Crippen LogP) is 2.70. The van der Waals surface area contributed by atoms with Crippen LogP contribution in [0.5, 0.6) is 0 Å². The Balaban J connectivity index is 2.17. The molecule has 1 atom stereocenters. The molecule has 1 heterocycles. The minimum absolute atomic E-state index is 0.258. The van der Waals surface area contributed by atoms with Crippen molar-refractivity contribution in [2.24, 2.45) is 0 Å². The number of nitrogen functional groups attached to an aromatic ring is 1. The highest BCUT2D eigenvalue weighted by Gasteiger charge is 2.26. The van der Waals surface area contributed by atoms with Crippen molar-refractivity contribution >= 4 is 27.3 Å². The Kier molecular flexibility index (Phi) is 4.12. The summed E-state index contributed by atoms with van der Waals surface area (Å²) in [6, 6.07) is 3.69. The second-order valence-corrected chi connectivity index (χ2v) is 5.64. The van der Waals surface area contributed by atoms with Crippen LogP contribution in [0.3, 0.4) is 0 Å². The van der Waals surface area contributed by atoms with Crippen molar-refractivity contribution in [3.8, 4) is 0 Å². The van der Waals surface area contributed by atoms with Gasteiger partial charge in [0, 0.05) is 25.2 Å². The number of nitrogens with zero attached hydrogens (tertiary/aromatic N) is 2. The highest BCUT2D eigenvalue weighted by Crippen LogP contribution is 2.32. The molecule has 0 bridgehead atoms.